The highest BCUT2D eigenvalue weighted by Crippen LogP contribution is 2.26. The molecule has 0 radical (unpaired) electrons. The monoisotopic (exact) mass is 355 g/mol. The van der Waals surface area contributed by atoms with E-state index in [-0.39, 0.29) is 0 Å². The molecule has 0 spiro atoms. The highest BCUT2D eigenvalue weighted by Gasteiger charge is 2.11. The summed E-state index contributed by atoms with van der Waals surface area (Å²) in [6.45, 7) is 0.371. The largest absolute Gasteiger partial charge is 0.493 e. The summed E-state index contributed by atoms with van der Waals surface area (Å²) < 4.78 is 10.3. The fourth-order valence-electron chi connectivity index (χ4n) is 2.19. The summed E-state index contributed by atoms with van der Waals surface area (Å²) >= 11 is 0. The number of nitrogens with one attached hydrogen (secondary N) is 2. The molecule has 2 amide bonds. The molecule has 0 saturated carbocycles. The summed E-state index contributed by atoms with van der Waals surface area (Å²) in [5, 5.41) is 6.33. The molecule has 2 aromatic rings. The molecule has 26 heavy (non-hydrogen) atoms. The molecule has 7 nitrogen and oxygen atoms in total. The van der Waals surface area contributed by atoms with Crippen LogP contribution in [0.4, 0.5) is 0 Å². The summed E-state index contributed by atoms with van der Waals surface area (Å²) in [5.74, 6) is -0.423. The van der Waals surface area contributed by atoms with Gasteiger partial charge < -0.3 is 14.8 Å². The smallest absolute Gasteiger partial charge is 0.329 e. The number of nitrogens with zero attached hydrogens (tertiary/aromatic N) is 1. The summed E-state index contributed by atoms with van der Waals surface area (Å²) in [5.41, 5.74) is 3.96. The van der Waals surface area contributed by atoms with Crippen molar-refractivity contribution >= 4 is 18.0 Å². The quantitative estimate of drug-likeness (QED) is 0.448. The summed E-state index contributed by atoms with van der Waals surface area (Å²) in [6.07, 6.45) is 2.06. The average Bonchev–Trinajstić information content (AvgIpc) is 2.68. The van der Waals surface area contributed by atoms with Gasteiger partial charge in [0.05, 0.1) is 20.4 Å². The molecule has 2 N–H and O–H groups in total. The van der Waals surface area contributed by atoms with E-state index in [2.05, 4.69) is 15.8 Å². The molecule has 0 aromatic heterocycles. The minimum atomic E-state index is -0.824. The van der Waals surface area contributed by atoms with Crippen molar-refractivity contribution in [3.05, 3.63) is 59.7 Å². The molecule has 0 aliphatic carbocycles. The molecule has 2 aromatic carbocycles. The van der Waals surface area contributed by atoms with Crippen LogP contribution in [-0.4, -0.2) is 38.8 Å². The molecular weight excluding hydrogens is 334 g/mol. The molecule has 0 fully saturated rings. The number of hydrogen-bond acceptors (Lipinski definition) is 5. The van der Waals surface area contributed by atoms with Gasteiger partial charge in [-0.25, -0.2) is 5.43 Å². The molecule has 2 rings (SSSR count). The standard InChI is InChI=1S/C19H21N3O4/c1-25-16-9-8-15(12-17(16)26-2)13-21-22-19(24)18(23)20-11-10-14-6-4-3-5-7-14/h3-9,12-13H,10-11H2,1-2H3,(H,20,23)(H,22,24)/b21-13-. The lowest BCUT2D eigenvalue weighted by molar-refractivity contribution is -0.139. The SMILES string of the molecule is COc1ccc(/C=N\NC(=O)C(=O)NCCc2ccccc2)cc1OC. The second-order valence-electron chi connectivity index (χ2n) is 5.31. The van der Waals surface area contributed by atoms with Gasteiger partial charge in [0.25, 0.3) is 0 Å². The van der Waals surface area contributed by atoms with Crippen LogP contribution < -0.4 is 20.2 Å². The van der Waals surface area contributed by atoms with Crippen molar-refractivity contribution < 1.29 is 19.1 Å². The summed E-state index contributed by atoms with van der Waals surface area (Å²) in [4.78, 5) is 23.4. The number of hydrogen-bond donors (Lipinski definition) is 2. The van der Waals surface area contributed by atoms with Crippen molar-refractivity contribution in [1.29, 1.82) is 0 Å². The van der Waals surface area contributed by atoms with Crippen LogP contribution in [-0.2, 0) is 16.0 Å². The molecule has 0 saturated heterocycles. The Morgan fingerprint density at radius 1 is 1.00 bits per heavy atom. The summed E-state index contributed by atoms with van der Waals surface area (Å²) in [7, 11) is 3.07. The normalized spacial score (nSPS) is 10.4. The number of methoxy groups -OCH3 is 2. The van der Waals surface area contributed by atoms with E-state index >= 15 is 0 Å². The van der Waals surface area contributed by atoms with E-state index in [1.165, 1.54) is 13.3 Å². The van der Waals surface area contributed by atoms with Crippen molar-refractivity contribution in [1.82, 2.24) is 10.7 Å². The second-order valence-corrected chi connectivity index (χ2v) is 5.31. The maximum Gasteiger partial charge on any atom is 0.329 e. The Balaban J connectivity index is 1.80. The first kappa shape index (κ1) is 19.0. The predicted octanol–water partition coefficient (Wildman–Crippen LogP) is 1.51. The number of amides is 2. The fraction of sp³-hybridized carbons (Fsp3) is 0.211. The molecular formula is C19H21N3O4. The third kappa shape index (κ3) is 5.62. The van der Waals surface area contributed by atoms with Crippen molar-refractivity contribution in [2.24, 2.45) is 5.10 Å². The van der Waals surface area contributed by atoms with Crippen LogP contribution >= 0.6 is 0 Å². The Morgan fingerprint density at radius 3 is 2.42 bits per heavy atom. The van der Waals surface area contributed by atoms with Crippen molar-refractivity contribution in [3.63, 3.8) is 0 Å². The minimum absolute atomic E-state index is 0.371. The van der Waals surface area contributed by atoms with Gasteiger partial charge in [-0.1, -0.05) is 30.3 Å². The number of rotatable bonds is 7. The average molecular weight is 355 g/mol. The highest BCUT2D eigenvalue weighted by atomic mass is 16.5. The Hall–Kier alpha value is -3.35. The Labute approximate surface area is 152 Å². The third-order valence-electron chi connectivity index (χ3n) is 3.54. The van der Waals surface area contributed by atoms with E-state index in [9.17, 15) is 9.59 Å². The van der Waals surface area contributed by atoms with E-state index < -0.39 is 11.8 Å². The van der Waals surface area contributed by atoms with E-state index in [1.54, 1.807) is 25.3 Å². The Morgan fingerprint density at radius 2 is 1.73 bits per heavy atom. The highest BCUT2D eigenvalue weighted by molar-refractivity contribution is 6.35. The second kappa shape index (κ2) is 9.83. The maximum atomic E-state index is 11.7. The van der Waals surface area contributed by atoms with Gasteiger partial charge in [-0.15, -0.1) is 0 Å². The van der Waals surface area contributed by atoms with Gasteiger partial charge in [0, 0.05) is 6.54 Å². The van der Waals surface area contributed by atoms with Gasteiger partial charge in [-0.2, -0.15) is 5.10 Å². The van der Waals surface area contributed by atoms with Crippen LogP contribution in [0.25, 0.3) is 0 Å². The minimum Gasteiger partial charge on any atom is -0.493 e. The lowest BCUT2D eigenvalue weighted by Gasteiger charge is -2.07. The zero-order valence-electron chi connectivity index (χ0n) is 14.7. The lowest BCUT2D eigenvalue weighted by Crippen LogP contribution is -2.38. The Kier molecular flexibility index (Phi) is 7.17. The van der Waals surface area contributed by atoms with Crippen LogP contribution in [0.2, 0.25) is 0 Å². The van der Waals surface area contributed by atoms with Gasteiger partial charge in [0.1, 0.15) is 0 Å². The number of benzene rings is 2. The number of carbonyl (C=O) groups is 2. The topological polar surface area (TPSA) is 89.0 Å². The van der Waals surface area contributed by atoms with Gasteiger partial charge in [-0.3, -0.25) is 9.59 Å². The van der Waals surface area contributed by atoms with Gasteiger partial charge in [0.15, 0.2) is 11.5 Å². The fourth-order valence-corrected chi connectivity index (χ4v) is 2.19. The van der Waals surface area contributed by atoms with Crippen molar-refractivity contribution in [2.75, 3.05) is 20.8 Å². The zero-order chi connectivity index (χ0) is 18.8. The Bertz CT molecular complexity index is 776. The number of ether oxygens (including phenoxy) is 2. The van der Waals surface area contributed by atoms with E-state index in [1.807, 2.05) is 30.3 Å². The molecule has 0 heterocycles. The molecule has 0 atom stereocenters. The van der Waals surface area contributed by atoms with Gasteiger partial charge >= 0.3 is 11.8 Å². The van der Waals surface area contributed by atoms with Crippen molar-refractivity contribution in [2.45, 2.75) is 6.42 Å². The molecule has 0 aliphatic rings. The van der Waals surface area contributed by atoms with E-state index in [0.717, 1.165) is 5.56 Å². The molecule has 136 valence electrons. The number of hydrazone groups is 1. The van der Waals surface area contributed by atoms with Crippen LogP contribution in [0, 0.1) is 0 Å². The van der Waals surface area contributed by atoms with Crippen LogP contribution in [0.5, 0.6) is 11.5 Å². The first-order chi connectivity index (χ1) is 12.6. The molecule has 7 heteroatoms. The van der Waals surface area contributed by atoms with E-state index in [0.29, 0.717) is 30.0 Å². The van der Waals surface area contributed by atoms with Crippen LogP contribution in [0.15, 0.2) is 53.6 Å². The molecule has 0 unspecified atom stereocenters. The third-order valence-corrected chi connectivity index (χ3v) is 3.54. The van der Waals surface area contributed by atoms with Gasteiger partial charge in [-0.05, 0) is 35.7 Å². The first-order valence-electron chi connectivity index (χ1n) is 8.01. The van der Waals surface area contributed by atoms with Crippen LogP contribution in [0.1, 0.15) is 11.1 Å². The number of carbonyl (C=O) groups excluding carboxylic acids is 2. The molecule has 0 aliphatic heterocycles. The van der Waals surface area contributed by atoms with Gasteiger partial charge in [0.2, 0.25) is 0 Å². The molecule has 0 bridgehead atoms. The predicted molar refractivity (Wildman–Crippen MR) is 98.4 cm³/mol. The summed E-state index contributed by atoms with van der Waals surface area (Å²) in [6, 6.07) is 14.9. The lowest BCUT2D eigenvalue weighted by atomic mass is 10.1. The zero-order valence-corrected chi connectivity index (χ0v) is 14.7. The maximum absolute atomic E-state index is 11.7. The van der Waals surface area contributed by atoms with Crippen molar-refractivity contribution in [3.8, 4) is 11.5 Å². The van der Waals surface area contributed by atoms with Crippen LogP contribution in [0.3, 0.4) is 0 Å². The first-order valence-corrected chi connectivity index (χ1v) is 8.01. The van der Waals surface area contributed by atoms with E-state index in [4.69, 9.17) is 9.47 Å².